The molecular formula is C27H40N2O3Si. The number of benzene rings is 1. The second-order valence-corrected chi connectivity index (χ2v) is 12.9. The Morgan fingerprint density at radius 2 is 1.61 bits per heavy atom. The van der Waals surface area contributed by atoms with Gasteiger partial charge in [0, 0.05) is 6.54 Å². The number of aromatic nitrogens is 1. The topological polar surface area (TPSA) is 51.7 Å². The fourth-order valence-corrected chi connectivity index (χ4v) is 3.84. The molecule has 1 atom stereocenters. The summed E-state index contributed by atoms with van der Waals surface area (Å²) in [6, 6.07) is 15.9. The van der Waals surface area contributed by atoms with Crippen molar-refractivity contribution in [1.29, 1.82) is 0 Å². The van der Waals surface area contributed by atoms with Crippen LogP contribution in [-0.4, -0.2) is 37.9 Å². The quantitative estimate of drug-likeness (QED) is 0.404. The highest BCUT2D eigenvalue weighted by molar-refractivity contribution is 6.31. The lowest BCUT2D eigenvalue weighted by Crippen LogP contribution is -2.40. The van der Waals surface area contributed by atoms with E-state index in [2.05, 4.69) is 32.9 Å². The van der Waals surface area contributed by atoms with Gasteiger partial charge in [-0.05, 0) is 70.7 Å². The van der Waals surface area contributed by atoms with Crippen molar-refractivity contribution in [2.75, 3.05) is 6.54 Å². The molecule has 0 fully saturated rings. The average Bonchev–Trinajstić information content (AvgIpc) is 2.71. The van der Waals surface area contributed by atoms with Crippen molar-refractivity contribution in [2.45, 2.75) is 91.0 Å². The van der Waals surface area contributed by atoms with Gasteiger partial charge >= 0.3 is 6.09 Å². The summed E-state index contributed by atoms with van der Waals surface area (Å²) in [6.07, 6.45) is 0.411. The maximum Gasteiger partial charge on any atom is 0.410 e. The first-order valence-corrected chi connectivity index (χ1v) is 12.5. The molecule has 0 saturated carbocycles. The fourth-order valence-electron chi connectivity index (χ4n) is 3.17. The molecule has 0 aliphatic heterocycles. The number of carbonyl (C=O) groups is 1. The third-order valence-electron chi connectivity index (χ3n) is 5.01. The SMILES string of the molecule is C[C@@H](c1cccc(C(C)(C)O[Si]C(C)(C)C)n1)N(CCc1ccccc1)C(=O)OC(C)(C)C. The summed E-state index contributed by atoms with van der Waals surface area (Å²) in [5.41, 5.74) is 1.76. The van der Waals surface area contributed by atoms with Gasteiger partial charge in [-0.25, -0.2) is 4.79 Å². The van der Waals surface area contributed by atoms with Crippen molar-refractivity contribution >= 4 is 15.9 Å². The van der Waals surface area contributed by atoms with E-state index in [0.717, 1.165) is 17.8 Å². The van der Waals surface area contributed by atoms with Crippen LogP contribution < -0.4 is 0 Å². The monoisotopic (exact) mass is 468 g/mol. The summed E-state index contributed by atoms with van der Waals surface area (Å²) in [7, 11) is 0.354. The van der Waals surface area contributed by atoms with Crippen molar-refractivity contribution in [2.24, 2.45) is 0 Å². The number of pyridine rings is 1. The molecule has 0 saturated heterocycles. The van der Waals surface area contributed by atoms with Gasteiger partial charge in [-0.2, -0.15) is 0 Å². The first-order valence-electron chi connectivity index (χ1n) is 11.6. The van der Waals surface area contributed by atoms with Crippen LogP contribution in [0.5, 0.6) is 0 Å². The summed E-state index contributed by atoms with van der Waals surface area (Å²) in [6.45, 7) is 18.8. The molecule has 2 aromatic rings. The zero-order chi connectivity index (χ0) is 24.9. The highest BCUT2D eigenvalue weighted by Gasteiger charge is 2.30. The summed E-state index contributed by atoms with van der Waals surface area (Å²) in [5.74, 6) is 0. The Balaban J connectivity index is 2.27. The van der Waals surface area contributed by atoms with E-state index < -0.39 is 11.2 Å². The first-order chi connectivity index (χ1) is 15.2. The van der Waals surface area contributed by atoms with Crippen molar-refractivity contribution in [3.8, 4) is 0 Å². The number of hydrogen-bond acceptors (Lipinski definition) is 4. The van der Waals surface area contributed by atoms with E-state index in [1.54, 1.807) is 4.90 Å². The Hall–Kier alpha value is -2.18. The lowest BCUT2D eigenvalue weighted by Gasteiger charge is -2.33. The molecule has 1 aromatic heterocycles. The van der Waals surface area contributed by atoms with Crippen LogP contribution in [0.3, 0.4) is 0 Å². The molecule has 0 N–H and O–H groups in total. The molecule has 1 amide bonds. The predicted molar refractivity (Wildman–Crippen MR) is 135 cm³/mol. The minimum atomic E-state index is -0.569. The molecule has 0 bridgehead atoms. The van der Waals surface area contributed by atoms with Crippen LogP contribution in [0, 0.1) is 0 Å². The number of rotatable bonds is 8. The Morgan fingerprint density at radius 3 is 2.18 bits per heavy atom. The van der Waals surface area contributed by atoms with Gasteiger partial charge in [-0.1, -0.05) is 57.2 Å². The Morgan fingerprint density at radius 1 is 0.970 bits per heavy atom. The number of hydrogen-bond donors (Lipinski definition) is 0. The molecule has 0 spiro atoms. The fraction of sp³-hybridized carbons (Fsp3) is 0.556. The van der Waals surface area contributed by atoms with Crippen molar-refractivity contribution in [3.63, 3.8) is 0 Å². The zero-order valence-corrected chi connectivity index (χ0v) is 22.7. The van der Waals surface area contributed by atoms with E-state index in [4.69, 9.17) is 14.1 Å². The van der Waals surface area contributed by atoms with Crippen LogP contribution in [-0.2, 0) is 21.2 Å². The second-order valence-electron chi connectivity index (χ2n) is 11.0. The molecule has 0 aliphatic carbocycles. The van der Waals surface area contributed by atoms with Crippen LogP contribution in [0.25, 0.3) is 0 Å². The van der Waals surface area contributed by atoms with E-state index in [1.807, 2.05) is 77.9 Å². The normalized spacial score (nSPS) is 13.5. The Bertz CT molecular complexity index is 902. The molecular weight excluding hydrogens is 428 g/mol. The molecule has 1 aromatic carbocycles. The highest BCUT2D eigenvalue weighted by Crippen LogP contribution is 2.30. The predicted octanol–water partition coefficient (Wildman–Crippen LogP) is 6.71. The number of ether oxygens (including phenoxy) is 1. The van der Waals surface area contributed by atoms with Gasteiger partial charge in [-0.15, -0.1) is 0 Å². The molecule has 0 aliphatic rings. The van der Waals surface area contributed by atoms with E-state index in [0.29, 0.717) is 16.3 Å². The third kappa shape index (κ3) is 8.93. The maximum absolute atomic E-state index is 13.1. The van der Waals surface area contributed by atoms with Crippen molar-refractivity contribution < 1.29 is 14.0 Å². The number of nitrogens with zero attached hydrogens (tertiary/aromatic N) is 2. The lowest BCUT2D eigenvalue weighted by molar-refractivity contribution is 0.0171. The van der Waals surface area contributed by atoms with Gasteiger partial charge in [0.05, 0.1) is 23.0 Å². The third-order valence-corrected chi connectivity index (χ3v) is 6.23. The van der Waals surface area contributed by atoms with Gasteiger partial charge in [0.2, 0.25) is 9.76 Å². The van der Waals surface area contributed by atoms with Crippen molar-refractivity contribution in [3.05, 3.63) is 65.5 Å². The minimum absolute atomic E-state index is 0.0904. The summed E-state index contributed by atoms with van der Waals surface area (Å²) in [4.78, 5) is 19.8. The van der Waals surface area contributed by atoms with Gasteiger partial charge in [0.15, 0.2) is 0 Å². The molecule has 5 nitrogen and oxygen atoms in total. The second kappa shape index (κ2) is 10.8. The van der Waals surface area contributed by atoms with Gasteiger partial charge in [-0.3, -0.25) is 9.88 Å². The molecule has 0 unspecified atom stereocenters. The summed E-state index contributed by atoms with van der Waals surface area (Å²) >= 11 is 0. The smallest absolute Gasteiger partial charge is 0.410 e. The Kier molecular flexibility index (Phi) is 8.88. The van der Waals surface area contributed by atoms with Crippen LogP contribution in [0.15, 0.2) is 48.5 Å². The van der Waals surface area contributed by atoms with Crippen LogP contribution >= 0.6 is 0 Å². The number of amides is 1. The van der Waals surface area contributed by atoms with Crippen LogP contribution in [0.4, 0.5) is 4.79 Å². The standard InChI is InChI=1S/C27H40N2O3Si/c1-20(22-16-13-17-23(28-22)27(8,9)32-33-26(5,6)7)29(24(30)31-25(2,3)4)19-18-21-14-11-10-12-15-21/h10-17,20H,18-19H2,1-9H3/t20-/m0/s1. The van der Waals surface area contributed by atoms with Gasteiger partial charge < -0.3 is 9.16 Å². The van der Waals surface area contributed by atoms with E-state index in [1.165, 1.54) is 5.56 Å². The van der Waals surface area contributed by atoms with E-state index >= 15 is 0 Å². The molecule has 2 rings (SSSR count). The maximum atomic E-state index is 13.1. The molecule has 6 heteroatoms. The Labute approximate surface area is 202 Å². The van der Waals surface area contributed by atoms with E-state index in [-0.39, 0.29) is 17.2 Å². The van der Waals surface area contributed by atoms with Gasteiger partial charge in [0.1, 0.15) is 5.60 Å². The first kappa shape index (κ1) is 27.1. The number of carbonyl (C=O) groups excluding carboxylic acids is 1. The summed E-state index contributed by atoms with van der Waals surface area (Å²) in [5, 5.41) is 0.0904. The van der Waals surface area contributed by atoms with Crippen LogP contribution in [0.1, 0.15) is 85.3 Å². The van der Waals surface area contributed by atoms with Crippen LogP contribution in [0.2, 0.25) is 5.04 Å². The average molecular weight is 469 g/mol. The van der Waals surface area contributed by atoms with Crippen molar-refractivity contribution in [1.82, 2.24) is 9.88 Å². The minimum Gasteiger partial charge on any atom is -0.444 e. The lowest BCUT2D eigenvalue weighted by atomic mass is 10.0. The molecule has 33 heavy (non-hydrogen) atoms. The molecule has 2 radical (unpaired) electrons. The largest absolute Gasteiger partial charge is 0.444 e. The molecule has 1 heterocycles. The zero-order valence-electron chi connectivity index (χ0n) is 21.7. The van der Waals surface area contributed by atoms with E-state index in [9.17, 15) is 4.79 Å². The highest BCUT2D eigenvalue weighted by atomic mass is 28.2. The molecule has 180 valence electrons. The van der Waals surface area contributed by atoms with Gasteiger partial charge in [0.25, 0.3) is 0 Å². The summed E-state index contributed by atoms with van der Waals surface area (Å²) < 4.78 is 12.0.